The summed E-state index contributed by atoms with van der Waals surface area (Å²) in [5, 5.41) is 0. The first-order valence-corrected chi connectivity index (χ1v) is 7.06. The van der Waals surface area contributed by atoms with E-state index in [1.807, 2.05) is 0 Å². The highest BCUT2D eigenvalue weighted by Gasteiger charge is 2.19. The van der Waals surface area contributed by atoms with Crippen LogP contribution in [0.15, 0.2) is 54.9 Å². The second-order valence-corrected chi connectivity index (χ2v) is 5.28. The van der Waals surface area contributed by atoms with Crippen molar-refractivity contribution in [3.63, 3.8) is 0 Å². The SMILES string of the molecule is c1ccc(CN2CCCC(Nn3cccc3)C2)cc1. The Kier molecular flexibility index (Phi) is 3.84. The zero-order valence-electron chi connectivity index (χ0n) is 11.2. The van der Waals surface area contributed by atoms with Crippen molar-refractivity contribution in [2.24, 2.45) is 0 Å². The van der Waals surface area contributed by atoms with Crippen LogP contribution in [-0.2, 0) is 6.54 Å². The fourth-order valence-electron chi connectivity index (χ4n) is 2.78. The van der Waals surface area contributed by atoms with Crippen molar-refractivity contribution in [1.82, 2.24) is 9.58 Å². The predicted octanol–water partition coefficient (Wildman–Crippen LogP) is 2.70. The molecule has 19 heavy (non-hydrogen) atoms. The Bertz CT molecular complexity index is 478. The second-order valence-electron chi connectivity index (χ2n) is 5.28. The maximum absolute atomic E-state index is 3.55. The van der Waals surface area contributed by atoms with Crippen LogP contribution < -0.4 is 5.43 Å². The molecular weight excluding hydrogens is 234 g/mol. The summed E-state index contributed by atoms with van der Waals surface area (Å²) < 4.78 is 2.07. The molecule has 0 bridgehead atoms. The highest BCUT2D eigenvalue weighted by atomic mass is 15.4. The largest absolute Gasteiger partial charge is 0.322 e. The number of hydrogen-bond acceptors (Lipinski definition) is 2. The van der Waals surface area contributed by atoms with E-state index in [-0.39, 0.29) is 0 Å². The number of likely N-dealkylation sites (tertiary alicyclic amines) is 1. The number of nitrogens with zero attached hydrogens (tertiary/aromatic N) is 2. The summed E-state index contributed by atoms with van der Waals surface area (Å²) in [5.74, 6) is 0. The Morgan fingerprint density at radius 2 is 1.84 bits per heavy atom. The Balaban J connectivity index is 1.56. The van der Waals surface area contributed by atoms with E-state index in [2.05, 4.69) is 69.9 Å². The van der Waals surface area contributed by atoms with Crippen molar-refractivity contribution in [1.29, 1.82) is 0 Å². The molecule has 2 heterocycles. The molecule has 1 N–H and O–H groups in total. The first-order chi connectivity index (χ1) is 9.40. The maximum Gasteiger partial charge on any atom is 0.0551 e. The van der Waals surface area contributed by atoms with Gasteiger partial charge in [0.2, 0.25) is 0 Å². The average Bonchev–Trinajstić information content (AvgIpc) is 2.93. The van der Waals surface area contributed by atoms with Gasteiger partial charge in [-0.05, 0) is 37.1 Å². The number of hydrogen-bond donors (Lipinski definition) is 1. The third-order valence-electron chi connectivity index (χ3n) is 3.69. The van der Waals surface area contributed by atoms with Gasteiger partial charge in [-0.3, -0.25) is 9.58 Å². The molecule has 0 radical (unpaired) electrons. The minimum absolute atomic E-state index is 0.546. The first-order valence-electron chi connectivity index (χ1n) is 7.06. The minimum Gasteiger partial charge on any atom is -0.322 e. The molecule has 0 amide bonds. The highest BCUT2D eigenvalue weighted by Crippen LogP contribution is 2.14. The lowest BCUT2D eigenvalue weighted by atomic mass is 10.1. The average molecular weight is 255 g/mol. The van der Waals surface area contributed by atoms with E-state index in [0.717, 1.165) is 13.1 Å². The van der Waals surface area contributed by atoms with Crippen molar-refractivity contribution in [3.05, 3.63) is 60.4 Å². The van der Waals surface area contributed by atoms with Crippen LogP contribution in [0.2, 0.25) is 0 Å². The van der Waals surface area contributed by atoms with E-state index in [1.54, 1.807) is 0 Å². The van der Waals surface area contributed by atoms with Gasteiger partial charge in [-0.25, -0.2) is 0 Å². The molecule has 3 rings (SSSR count). The highest BCUT2D eigenvalue weighted by molar-refractivity contribution is 5.14. The summed E-state index contributed by atoms with van der Waals surface area (Å²) >= 11 is 0. The smallest absolute Gasteiger partial charge is 0.0551 e. The molecule has 2 aromatic rings. The van der Waals surface area contributed by atoms with Crippen molar-refractivity contribution >= 4 is 0 Å². The van der Waals surface area contributed by atoms with E-state index in [4.69, 9.17) is 0 Å². The van der Waals surface area contributed by atoms with Crippen LogP contribution in [0.3, 0.4) is 0 Å². The van der Waals surface area contributed by atoms with Crippen LogP contribution in [0, 0.1) is 0 Å². The van der Waals surface area contributed by atoms with Gasteiger partial charge in [0.05, 0.1) is 6.04 Å². The zero-order chi connectivity index (χ0) is 12.9. The maximum atomic E-state index is 3.55. The summed E-state index contributed by atoms with van der Waals surface area (Å²) in [6.45, 7) is 3.39. The topological polar surface area (TPSA) is 20.2 Å². The molecule has 0 spiro atoms. The van der Waals surface area contributed by atoms with Crippen LogP contribution in [0.4, 0.5) is 0 Å². The van der Waals surface area contributed by atoms with Crippen molar-refractivity contribution < 1.29 is 0 Å². The summed E-state index contributed by atoms with van der Waals surface area (Å²) in [6, 6.07) is 15.4. The fourth-order valence-corrected chi connectivity index (χ4v) is 2.78. The first kappa shape index (κ1) is 12.3. The molecule has 0 saturated carbocycles. The van der Waals surface area contributed by atoms with Gasteiger partial charge in [-0.15, -0.1) is 0 Å². The van der Waals surface area contributed by atoms with Crippen LogP contribution in [0.1, 0.15) is 18.4 Å². The van der Waals surface area contributed by atoms with Gasteiger partial charge in [0, 0.05) is 25.5 Å². The van der Waals surface area contributed by atoms with Gasteiger partial charge in [-0.1, -0.05) is 30.3 Å². The lowest BCUT2D eigenvalue weighted by Gasteiger charge is -2.33. The van der Waals surface area contributed by atoms with Crippen molar-refractivity contribution in [2.75, 3.05) is 18.5 Å². The van der Waals surface area contributed by atoms with Gasteiger partial charge in [0.1, 0.15) is 0 Å². The lowest BCUT2D eigenvalue weighted by Crippen LogP contribution is -2.43. The fraction of sp³-hybridized carbons (Fsp3) is 0.375. The van der Waals surface area contributed by atoms with Crippen LogP contribution in [0.25, 0.3) is 0 Å². The van der Waals surface area contributed by atoms with Gasteiger partial charge in [0.15, 0.2) is 0 Å². The van der Waals surface area contributed by atoms with Gasteiger partial charge >= 0.3 is 0 Å². The Morgan fingerprint density at radius 1 is 1.05 bits per heavy atom. The quantitative estimate of drug-likeness (QED) is 0.906. The molecule has 1 aliphatic heterocycles. The second kappa shape index (κ2) is 5.93. The van der Waals surface area contributed by atoms with Crippen molar-refractivity contribution in [3.8, 4) is 0 Å². The summed E-state index contributed by atoms with van der Waals surface area (Å²) in [6.07, 6.45) is 6.65. The molecule has 3 heteroatoms. The molecule has 100 valence electrons. The third-order valence-corrected chi connectivity index (χ3v) is 3.69. The molecule has 1 unspecified atom stereocenters. The van der Waals surface area contributed by atoms with E-state index in [1.165, 1.54) is 24.9 Å². The van der Waals surface area contributed by atoms with Gasteiger partial charge in [-0.2, -0.15) is 0 Å². The Morgan fingerprint density at radius 3 is 2.63 bits per heavy atom. The zero-order valence-corrected chi connectivity index (χ0v) is 11.2. The normalized spacial score (nSPS) is 20.3. The molecule has 1 saturated heterocycles. The number of nitrogens with one attached hydrogen (secondary N) is 1. The predicted molar refractivity (Wildman–Crippen MR) is 78.5 cm³/mol. The molecular formula is C16H21N3. The standard InChI is InChI=1S/C16H21N3/c1-2-7-15(8-3-1)13-18-10-6-9-16(14-18)17-19-11-4-5-12-19/h1-5,7-8,11-12,16-17H,6,9-10,13-14H2. The third kappa shape index (κ3) is 3.38. The molecule has 1 aromatic heterocycles. The van der Waals surface area contributed by atoms with E-state index in [0.29, 0.717) is 6.04 Å². The van der Waals surface area contributed by atoms with Crippen molar-refractivity contribution in [2.45, 2.75) is 25.4 Å². The van der Waals surface area contributed by atoms with E-state index >= 15 is 0 Å². The van der Waals surface area contributed by atoms with E-state index < -0.39 is 0 Å². The van der Waals surface area contributed by atoms with Crippen LogP contribution >= 0.6 is 0 Å². The summed E-state index contributed by atoms with van der Waals surface area (Å²) in [4.78, 5) is 2.54. The Hall–Kier alpha value is -1.74. The molecule has 1 atom stereocenters. The number of aromatic nitrogens is 1. The lowest BCUT2D eigenvalue weighted by molar-refractivity contribution is 0.203. The monoisotopic (exact) mass is 255 g/mol. The van der Waals surface area contributed by atoms with E-state index in [9.17, 15) is 0 Å². The molecule has 3 nitrogen and oxygen atoms in total. The minimum atomic E-state index is 0.546. The molecule has 1 aromatic carbocycles. The molecule has 1 aliphatic rings. The van der Waals surface area contributed by atoms with Crippen LogP contribution in [0.5, 0.6) is 0 Å². The number of benzene rings is 1. The van der Waals surface area contributed by atoms with Gasteiger partial charge < -0.3 is 5.43 Å². The Labute approximate surface area is 114 Å². The molecule has 0 aliphatic carbocycles. The molecule has 1 fully saturated rings. The summed E-state index contributed by atoms with van der Waals surface area (Å²) in [5.41, 5.74) is 4.96. The number of piperidine rings is 1. The van der Waals surface area contributed by atoms with Gasteiger partial charge in [0.25, 0.3) is 0 Å². The van der Waals surface area contributed by atoms with Crippen LogP contribution in [-0.4, -0.2) is 28.7 Å². The summed E-state index contributed by atoms with van der Waals surface area (Å²) in [7, 11) is 0. The number of rotatable bonds is 4.